The Morgan fingerprint density at radius 3 is 2.36 bits per heavy atom. The maximum Gasteiger partial charge on any atom is 0.243 e. The second-order valence-electron chi connectivity index (χ2n) is 7.68. The first kappa shape index (κ1) is 21.3. The molecule has 2 rings (SSSR count). The number of aryl methyl sites for hydroxylation is 1. The second-order valence-corrected chi connectivity index (χ2v) is 7.68. The molecule has 0 aliphatic heterocycles. The quantitative estimate of drug-likeness (QED) is 0.684. The van der Waals surface area contributed by atoms with Gasteiger partial charge in [-0.1, -0.05) is 45.0 Å². The van der Waals surface area contributed by atoms with Gasteiger partial charge < -0.3 is 20.7 Å². The summed E-state index contributed by atoms with van der Waals surface area (Å²) in [6.07, 6.45) is 0. The van der Waals surface area contributed by atoms with Crippen LogP contribution in [0.5, 0.6) is 5.75 Å². The van der Waals surface area contributed by atoms with E-state index in [4.69, 9.17) is 4.74 Å². The molecular formula is C22H29N3O3. The fraction of sp³-hybridized carbons (Fsp3) is 0.364. The van der Waals surface area contributed by atoms with Crippen molar-refractivity contribution < 1.29 is 14.3 Å². The molecule has 28 heavy (non-hydrogen) atoms. The molecule has 0 aromatic heterocycles. The maximum atomic E-state index is 12.2. The third-order valence-electron chi connectivity index (χ3n) is 4.25. The number of benzene rings is 2. The van der Waals surface area contributed by atoms with Crippen LogP contribution in [0.1, 0.15) is 31.9 Å². The molecular weight excluding hydrogens is 354 g/mol. The standard InChI is InChI=1S/C22H29N3O3/c1-15-10-11-19(28-5)18(12-15)25-21(27)14-24-20(26)13-23-17-9-7-6-8-16(17)22(2,3)4/h6-12,23H,13-14H2,1-5H3,(H,24,26)(H,25,27). The summed E-state index contributed by atoms with van der Waals surface area (Å²) < 4.78 is 5.24. The van der Waals surface area contributed by atoms with E-state index in [1.807, 2.05) is 43.3 Å². The first-order valence-electron chi connectivity index (χ1n) is 9.25. The first-order valence-corrected chi connectivity index (χ1v) is 9.25. The molecule has 0 bridgehead atoms. The molecule has 0 fully saturated rings. The largest absolute Gasteiger partial charge is 0.495 e. The number of anilines is 2. The number of ether oxygens (including phenoxy) is 1. The average molecular weight is 383 g/mol. The molecule has 150 valence electrons. The van der Waals surface area contributed by atoms with E-state index in [2.05, 4.69) is 36.7 Å². The number of carbonyl (C=O) groups excluding carboxylic acids is 2. The maximum absolute atomic E-state index is 12.2. The lowest BCUT2D eigenvalue weighted by molar-refractivity contribution is -0.122. The molecule has 0 heterocycles. The Morgan fingerprint density at radius 2 is 1.68 bits per heavy atom. The Kier molecular flexibility index (Phi) is 7.04. The van der Waals surface area contributed by atoms with Gasteiger partial charge in [-0.05, 0) is 41.7 Å². The predicted octanol–water partition coefficient (Wildman–Crippen LogP) is 3.47. The number of nitrogens with one attached hydrogen (secondary N) is 3. The van der Waals surface area contributed by atoms with E-state index < -0.39 is 0 Å². The van der Waals surface area contributed by atoms with Gasteiger partial charge >= 0.3 is 0 Å². The minimum absolute atomic E-state index is 0.0349. The molecule has 0 spiro atoms. The third-order valence-corrected chi connectivity index (χ3v) is 4.25. The first-order chi connectivity index (χ1) is 13.2. The Morgan fingerprint density at radius 1 is 0.964 bits per heavy atom. The van der Waals surface area contributed by atoms with E-state index in [1.54, 1.807) is 13.2 Å². The number of hydrogen-bond acceptors (Lipinski definition) is 4. The van der Waals surface area contributed by atoms with Crippen LogP contribution in [-0.4, -0.2) is 32.0 Å². The smallest absolute Gasteiger partial charge is 0.243 e. The second kappa shape index (κ2) is 9.26. The van der Waals surface area contributed by atoms with E-state index >= 15 is 0 Å². The van der Waals surface area contributed by atoms with Crippen LogP contribution in [0.25, 0.3) is 0 Å². The zero-order chi connectivity index (χ0) is 20.7. The summed E-state index contributed by atoms with van der Waals surface area (Å²) in [4.78, 5) is 24.3. The molecule has 0 unspecified atom stereocenters. The normalized spacial score (nSPS) is 10.9. The predicted molar refractivity (Wildman–Crippen MR) is 113 cm³/mol. The molecule has 0 aliphatic rings. The van der Waals surface area contributed by atoms with Crippen LogP contribution in [0, 0.1) is 6.92 Å². The number of rotatable bonds is 7. The van der Waals surface area contributed by atoms with Crippen LogP contribution in [0.15, 0.2) is 42.5 Å². The van der Waals surface area contributed by atoms with Crippen LogP contribution in [0.3, 0.4) is 0 Å². The molecule has 2 aromatic rings. The van der Waals surface area contributed by atoms with Crippen molar-refractivity contribution in [1.29, 1.82) is 0 Å². The molecule has 3 N–H and O–H groups in total. The lowest BCUT2D eigenvalue weighted by Gasteiger charge is -2.23. The zero-order valence-corrected chi connectivity index (χ0v) is 17.2. The minimum Gasteiger partial charge on any atom is -0.495 e. The summed E-state index contributed by atoms with van der Waals surface area (Å²) in [7, 11) is 1.54. The van der Waals surface area contributed by atoms with Crippen molar-refractivity contribution in [2.45, 2.75) is 33.1 Å². The number of carbonyl (C=O) groups is 2. The lowest BCUT2D eigenvalue weighted by Crippen LogP contribution is -2.36. The SMILES string of the molecule is COc1ccc(C)cc1NC(=O)CNC(=O)CNc1ccccc1C(C)(C)C. The molecule has 0 radical (unpaired) electrons. The summed E-state index contributed by atoms with van der Waals surface area (Å²) in [5, 5.41) is 8.55. The van der Waals surface area contributed by atoms with Gasteiger partial charge in [0.25, 0.3) is 0 Å². The average Bonchev–Trinajstić information content (AvgIpc) is 2.64. The van der Waals surface area contributed by atoms with Gasteiger partial charge in [0.05, 0.1) is 25.9 Å². The van der Waals surface area contributed by atoms with Gasteiger partial charge in [-0.15, -0.1) is 0 Å². The van der Waals surface area contributed by atoms with Crippen molar-refractivity contribution in [3.63, 3.8) is 0 Å². The van der Waals surface area contributed by atoms with Crippen LogP contribution >= 0.6 is 0 Å². The van der Waals surface area contributed by atoms with Crippen LogP contribution in [0.4, 0.5) is 11.4 Å². The highest BCUT2D eigenvalue weighted by atomic mass is 16.5. The zero-order valence-electron chi connectivity index (χ0n) is 17.2. The fourth-order valence-electron chi connectivity index (χ4n) is 2.82. The summed E-state index contributed by atoms with van der Waals surface area (Å²) >= 11 is 0. The topological polar surface area (TPSA) is 79.5 Å². The molecule has 0 saturated carbocycles. The van der Waals surface area contributed by atoms with Gasteiger partial charge in [-0.2, -0.15) is 0 Å². The molecule has 2 aromatic carbocycles. The van der Waals surface area contributed by atoms with E-state index in [9.17, 15) is 9.59 Å². The number of hydrogen-bond donors (Lipinski definition) is 3. The van der Waals surface area contributed by atoms with Gasteiger partial charge in [0.15, 0.2) is 0 Å². The van der Waals surface area contributed by atoms with Crippen molar-refractivity contribution in [3.05, 3.63) is 53.6 Å². The molecule has 6 heteroatoms. The van der Waals surface area contributed by atoms with Crippen molar-refractivity contribution in [1.82, 2.24) is 5.32 Å². The van der Waals surface area contributed by atoms with Gasteiger partial charge in [-0.25, -0.2) is 0 Å². The minimum atomic E-state index is -0.313. The van der Waals surface area contributed by atoms with Crippen molar-refractivity contribution in [2.24, 2.45) is 0 Å². The monoisotopic (exact) mass is 383 g/mol. The van der Waals surface area contributed by atoms with Gasteiger partial charge in [-0.3, -0.25) is 9.59 Å². The fourth-order valence-corrected chi connectivity index (χ4v) is 2.82. The summed E-state index contributed by atoms with van der Waals surface area (Å²) in [5.41, 5.74) is 3.60. The molecule has 0 aliphatic carbocycles. The number of para-hydroxylation sites is 1. The Bertz CT molecular complexity index is 841. The van der Waals surface area contributed by atoms with Gasteiger partial charge in [0, 0.05) is 5.69 Å². The third kappa shape index (κ3) is 6.01. The van der Waals surface area contributed by atoms with Crippen LogP contribution in [-0.2, 0) is 15.0 Å². The highest BCUT2D eigenvalue weighted by molar-refractivity contribution is 5.96. The van der Waals surface area contributed by atoms with Crippen molar-refractivity contribution in [2.75, 3.05) is 30.8 Å². The van der Waals surface area contributed by atoms with E-state index in [0.717, 1.165) is 16.8 Å². The molecule has 2 amide bonds. The summed E-state index contributed by atoms with van der Waals surface area (Å²) in [5.74, 6) is 0.00754. The van der Waals surface area contributed by atoms with Crippen molar-refractivity contribution in [3.8, 4) is 5.75 Å². The Balaban J connectivity index is 1.87. The number of methoxy groups -OCH3 is 1. The van der Waals surface area contributed by atoms with Crippen LogP contribution in [0.2, 0.25) is 0 Å². The highest BCUT2D eigenvalue weighted by Crippen LogP contribution is 2.29. The van der Waals surface area contributed by atoms with Gasteiger partial charge in [0.2, 0.25) is 11.8 Å². The molecule has 6 nitrogen and oxygen atoms in total. The van der Waals surface area contributed by atoms with E-state index in [1.165, 1.54) is 0 Å². The van der Waals surface area contributed by atoms with E-state index in [-0.39, 0.29) is 30.3 Å². The van der Waals surface area contributed by atoms with Crippen molar-refractivity contribution >= 4 is 23.2 Å². The molecule has 0 saturated heterocycles. The summed E-state index contributed by atoms with van der Waals surface area (Å²) in [6, 6.07) is 13.4. The van der Waals surface area contributed by atoms with E-state index in [0.29, 0.717) is 11.4 Å². The lowest BCUT2D eigenvalue weighted by atomic mass is 9.86. The Labute approximate surface area is 166 Å². The van der Waals surface area contributed by atoms with Gasteiger partial charge in [0.1, 0.15) is 5.75 Å². The highest BCUT2D eigenvalue weighted by Gasteiger charge is 2.17. The summed E-state index contributed by atoms with van der Waals surface area (Å²) in [6.45, 7) is 8.27. The number of amides is 2. The molecule has 0 atom stereocenters. The van der Waals surface area contributed by atoms with Crippen LogP contribution < -0.4 is 20.7 Å². The Hall–Kier alpha value is -3.02.